The first-order valence-corrected chi connectivity index (χ1v) is 6.89. The minimum atomic E-state index is -0.252. The van der Waals surface area contributed by atoms with Crippen molar-refractivity contribution in [2.24, 2.45) is 5.73 Å². The monoisotopic (exact) mass is 250 g/mol. The topological polar surface area (TPSA) is 55.1 Å². The first-order valence-electron chi connectivity index (χ1n) is 5.90. The lowest BCUT2D eigenvalue weighted by atomic mass is 10.2. The third-order valence-corrected chi connectivity index (χ3v) is 4.13. The molecule has 0 aromatic heterocycles. The van der Waals surface area contributed by atoms with Crippen LogP contribution in [0.25, 0.3) is 0 Å². The highest BCUT2D eigenvalue weighted by atomic mass is 32.2. The van der Waals surface area contributed by atoms with Gasteiger partial charge in [-0.25, -0.2) is 0 Å². The summed E-state index contributed by atoms with van der Waals surface area (Å²) in [5, 5.41) is 3.28. The van der Waals surface area contributed by atoms with Gasteiger partial charge in [-0.3, -0.25) is 4.79 Å². The van der Waals surface area contributed by atoms with Crippen LogP contribution in [-0.2, 0) is 4.79 Å². The van der Waals surface area contributed by atoms with Crippen LogP contribution in [0, 0.1) is 6.92 Å². The third-order valence-electron chi connectivity index (χ3n) is 2.86. The van der Waals surface area contributed by atoms with Crippen molar-refractivity contribution in [3.8, 4) is 0 Å². The standard InChI is InChI=1S/C13H18N2OS/c1-9-4-2-3-5-12(9)17-8-11(13(14)16)15-10-6-7-10/h2-5,10-11,15H,6-8H2,1H3,(H2,14,16). The zero-order chi connectivity index (χ0) is 12.3. The summed E-state index contributed by atoms with van der Waals surface area (Å²) in [6.07, 6.45) is 2.33. The molecule has 1 fully saturated rings. The molecule has 1 aliphatic rings. The van der Waals surface area contributed by atoms with Gasteiger partial charge >= 0.3 is 0 Å². The van der Waals surface area contributed by atoms with Crippen LogP contribution < -0.4 is 11.1 Å². The van der Waals surface area contributed by atoms with Crippen molar-refractivity contribution in [2.45, 2.75) is 36.7 Å². The summed E-state index contributed by atoms with van der Waals surface area (Å²) in [5.74, 6) is 0.453. The van der Waals surface area contributed by atoms with Crippen LogP contribution in [0.4, 0.5) is 0 Å². The van der Waals surface area contributed by atoms with E-state index < -0.39 is 0 Å². The van der Waals surface area contributed by atoms with Gasteiger partial charge in [0, 0.05) is 16.7 Å². The van der Waals surface area contributed by atoms with E-state index >= 15 is 0 Å². The largest absolute Gasteiger partial charge is 0.368 e. The molecule has 4 heteroatoms. The Morgan fingerprint density at radius 1 is 1.53 bits per heavy atom. The molecular formula is C13H18N2OS. The lowest BCUT2D eigenvalue weighted by Gasteiger charge is -2.15. The molecule has 1 aromatic carbocycles. The Balaban J connectivity index is 1.90. The number of nitrogens with one attached hydrogen (secondary N) is 1. The number of aryl methyl sites for hydroxylation is 1. The first-order chi connectivity index (χ1) is 8.16. The molecule has 1 atom stereocenters. The van der Waals surface area contributed by atoms with Gasteiger partial charge in [0.25, 0.3) is 0 Å². The average Bonchev–Trinajstić information content (AvgIpc) is 3.09. The van der Waals surface area contributed by atoms with E-state index in [0.717, 1.165) is 0 Å². The van der Waals surface area contributed by atoms with Crippen LogP contribution in [0.1, 0.15) is 18.4 Å². The number of hydrogen-bond acceptors (Lipinski definition) is 3. The van der Waals surface area contributed by atoms with Gasteiger partial charge in [-0.05, 0) is 31.4 Å². The zero-order valence-corrected chi connectivity index (χ0v) is 10.8. The Kier molecular flexibility index (Phi) is 4.07. The number of hydrogen-bond donors (Lipinski definition) is 2. The van der Waals surface area contributed by atoms with Crippen LogP contribution in [-0.4, -0.2) is 23.7 Å². The maximum absolute atomic E-state index is 11.3. The molecule has 0 bridgehead atoms. The molecular weight excluding hydrogens is 232 g/mol. The van der Waals surface area contributed by atoms with Gasteiger partial charge in [0.1, 0.15) is 0 Å². The molecule has 1 unspecified atom stereocenters. The molecule has 1 amide bonds. The average molecular weight is 250 g/mol. The summed E-state index contributed by atoms with van der Waals surface area (Å²) in [4.78, 5) is 12.5. The van der Waals surface area contributed by atoms with E-state index in [-0.39, 0.29) is 11.9 Å². The smallest absolute Gasteiger partial charge is 0.235 e. The van der Waals surface area contributed by atoms with E-state index in [2.05, 4.69) is 24.4 Å². The maximum Gasteiger partial charge on any atom is 0.235 e. The summed E-state index contributed by atoms with van der Waals surface area (Å²) in [5.41, 5.74) is 6.64. The van der Waals surface area contributed by atoms with Crippen molar-refractivity contribution in [1.82, 2.24) is 5.32 Å². The summed E-state index contributed by atoms with van der Waals surface area (Å²) < 4.78 is 0. The predicted molar refractivity (Wildman–Crippen MR) is 71.0 cm³/mol. The van der Waals surface area contributed by atoms with Gasteiger partial charge in [-0.2, -0.15) is 0 Å². The van der Waals surface area contributed by atoms with Crippen molar-refractivity contribution < 1.29 is 4.79 Å². The Morgan fingerprint density at radius 2 is 2.24 bits per heavy atom. The first kappa shape index (κ1) is 12.5. The lowest BCUT2D eigenvalue weighted by Crippen LogP contribution is -2.44. The molecule has 17 heavy (non-hydrogen) atoms. The minimum Gasteiger partial charge on any atom is -0.368 e. The van der Waals surface area contributed by atoms with Crippen molar-refractivity contribution in [3.63, 3.8) is 0 Å². The van der Waals surface area contributed by atoms with Crippen molar-refractivity contribution in [3.05, 3.63) is 29.8 Å². The van der Waals surface area contributed by atoms with Gasteiger partial charge in [0.2, 0.25) is 5.91 Å². The molecule has 0 saturated heterocycles. The fourth-order valence-electron chi connectivity index (χ4n) is 1.64. The fraction of sp³-hybridized carbons (Fsp3) is 0.462. The quantitative estimate of drug-likeness (QED) is 0.755. The fourth-order valence-corrected chi connectivity index (χ4v) is 2.72. The van der Waals surface area contributed by atoms with Crippen molar-refractivity contribution >= 4 is 17.7 Å². The minimum absolute atomic E-state index is 0.216. The molecule has 0 heterocycles. The second-order valence-corrected chi connectivity index (χ2v) is 5.53. The second-order valence-electron chi connectivity index (χ2n) is 4.47. The van der Waals surface area contributed by atoms with Crippen molar-refractivity contribution in [1.29, 1.82) is 0 Å². The lowest BCUT2D eigenvalue weighted by molar-refractivity contribution is -0.119. The predicted octanol–water partition coefficient (Wildman–Crippen LogP) is 1.69. The molecule has 1 aromatic rings. The summed E-state index contributed by atoms with van der Waals surface area (Å²) in [7, 11) is 0. The highest BCUT2D eigenvalue weighted by Crippen LogP contribution is 2.24. The molecule has 0 spiro atoms. The number of thioether (sulfide) groups is 1. The highest BCUT2D eigenvalue weighted by molar-refractivity contribution is 7.99. The second kappa shape index (κ2) is 5.56. The summed E-state index contributed by atoms with van der Waals surface area (Å²) in [6.45, 7) is 2.08. The third kappa shape index (κ3) is 3.75. The van der Waals surface area contributed by atoms with E-state index in [1.807, 2.05) is 12.1 Å². The van der Waals surface area contributed by atoms with Gasteiger partial charge in [0.05, 0.1) is 6.04 Å². The van der Waals surface area contributed by atoms with Crippen LogP contribution in [0.3, 0.4) is 0 Å². The highest BCUT2D eigenvalue weighted by Gasteiger charge is 2.27. The van der Waals surface area contributed by atoms with Gasteiger partial charge in [0.15, 0.2) is 0 Å². The van der Waals surface area contributed by atoms with Crippen LogP contribution >= 0.6 is 11.8 Å². The molecule has 0 aliphatic heterocycles. The van der Waals surface area contributed by atoms with E-state index in [9.17, 15) is 4.79 Å². The summed E-state index contributed by atoms with van der Waals surface area (Å²) in [6, 6.07) is 8.48. The number of carbonyl (C=O) groups is 1. The molecule has 3 nitrogen and oxygen atoms in total. The van der Waals surface area contributed by atoms with E-state index in [0.29, 0.717) is 11.8 Å². The number of carbonyl (C=O) groups excluding carboxylic acids is 1. The SMILES string of the molecule is Cc1ccccc1SCC(NC1CC1)C(N)=O. The van der Waals surface area contributed by atoms with Crippen LogP contribution in [0.2, 0.25) is 0 Å². The van der Waals surface area contributed by atoms with Gasteiger partial charge in [-0.15, -0.1) is 11.8 Å². The number of primary amides is 1. The number of nitrogens with two attached hydrogens (primary N) is 1. The Labute approximate surface area is 106 Å². The number of amides is 1. The van der Waals surface area contributed by atoms with E-state index in [1.54, 1.807) is 11.8 Å². The summed E-state index contributed by atoms with van der Waals surface area (Å²) >= 11 is 1.69. The van der Waals surface area contributed by atoms with Crippen LogP contribution in [0.15, 0.2) is 29.2 Å². The Morgan fingerprint density at radius 3 is 2.82 bits per heavy atom. The van der Waals surface area contributed by atoms with E-state index in [4.69, 9.17) is 5.73 Å². The van der Waals surface area contributed by atoms with Gasteiger partial charge in [-0.1, -0.05) is 18.2 Å². The van der Waals surface area contributed by atoms with Crippen molar-refractivity contribution in [2.75, 3.05) is 5.75 Å². The molecule has 1 saturated carbocycles. The molecule has 92 valence electrons. The maximum atomic E-state index is 11.3. The number of benzene rings is 1. The number of rotatable bonds is 6. The molecule has 3 N–H and O–H groups in total. The van der Waals surface area contributed by atoms with Crippen LogP contribution in [0.5, 0.6) is 0 Å². The normalized spacial score (nSPS) is 16.8. The molecule has 2 rings (SSSR count). The Hall–Kier alpha value is -1.00. The van der Waals surface area contributed by atoms with Gasteiger partial charge < -0.3 is 11.1 Å². The Bertz CT molecular complexity index is 404. The van der Waals surface area contributed by atoms with E-state index in [1.165, 1.54) is 23.3 Å². The molecule has 1 aliphatic carbocycles. The molecule has 0 radical (unpaired) electrons. The zero-order valence-electron chi connectivity index (χ0n) is 9.98.